The van der Waals surface area contributed by atoms with Crippen molar-refractivity contribution in [3.63, 3.8) is 0 Å². The van der Waals surface area contributed by atoms with E-state index < -0.39 is 24.0 Å². The fourth-order valence-corrected chi connectivity index (χ4v) is 4.03. The molecule has 0 aromatic heterocycles. The van der Waals surface area contributed by atoms with Gasteiger partial charge >= 0.3 is 12.1 Å². The van der Waals surface area contributed by atoms with Crippen LogP contribution in [-0.4, -0.2) is 74.7 Å². The lowest BCUT2D eigenvalue weighted by Crippen LogP contribution is -2.51. The molecular formula is C27H42N4O7. The molecule has 1 saturated heterocycles. The van der Waals surface area contributed by atoms with Crippen molar-refractivity contribution in [2.24, 2.45) is 17.6 Å². The monoisotopic (exact) mass is 534 g/mol. The molecule has 2 rings (SSSR count). The normalized spacial score (nSPS) is 14.5. The molecule has 11 nitrogen and oxygen atoms in total. The number of hydrogen-bond acceptors (Lipinski definition) is 8. The van der Waals surface area contributed by atoms with Gasteiger partial charge in [-0.2, -0.15) is 0 Å². The van der Waals surface area contributed by atoms with Gasteiger partial charge < -0.3 is 35.5 Å². The zero-order valence-electron chi connectivity index (χ0n) is 22.7. The number of methoxy groups -OCH3 is 1. The van der Waals surface area contributed by atoms with Crippen molar-refractivity contribution in [3.8, 4) is 5.75 Å². The first-order valence-corrected chi connectivity index (χ1v) is 13.2. The molecule has 1 heterocycles. The highest BCUT2D eigenvalue weighted by molar-refractivity contribution is 5.90. The molecule has 212 valence electrons. The summed E-state index contributed by atoms with van der Waals surface area (Å²) in [5.74, 6) is -0.626. The highest BCUT2D eigenvalue weighted by Crippen LogP contribution is 2.20. The van der Waals surface area contributed by atoms with E-state index in [0.717, 1.165) is 24.2 Å². The Labute approximate surface area is 224 Å². The van der Waals surface area contributed by atoms with Crippen LogP contribution in [0.1, 0.15) is 51.5 Å². The summed E-state index contributed by atoms with van der Waals surface area (Å²) in [4.78, 5) is 50.9. The maximum Gasteiger partial charge on any atom is 0.410 e. The third kappa shape index (κ3) is 11.0. The number of nitrogens with two attached hydrogens (primary N) is 1. The van der Waals surface area contributed by atoms with Crippen LogP contribution in [0.25, 0.3) is 0 Å². The SMILES string of the molecule is COC(=O)CNC(=O)C(CC(C)C)NC(=O)C1CCN(C(=O)OCc2ccc(OCCCCN)cc2)CC1. The first kappa shape index (κ1) is 30.9. The van der Waals surface area contributed by atoms with E-state index in [1.807, 2.05) is 38.1 Å². The van der Waals surface area contributed by atoms with E-state index in [2.05, 4.69) is 15.4 Å². The van der Waals surface area contributed by atoms with E-state index in [0.29, 0.717) is 45.5 Å². The van der Waals surface area contributed by atoms with Gasteiger partial charge in [-0.3, -0.25) is 14.4 Å². The molecule has 0 bridgehead atoms. The second-order valence-corrected chi connectivity index (χ2v) is 9.79. The molecule has 0 aliphatic carbocycles. The number of likely N-dealkylation sites (tertiary alicyclic amines) is 1. The van der Waals surface area contributed by atoms with E-state index in [1.54, 1.807) is 4.90 Å². The fraction of sp³-hybridized carbons (Fsp3) is 0.630. The molecule has 1 aromatic carbocycles. The molecule has 1 aliphatic rings. The number of carbonyl (C=O) groups is 4. The number of esters is 1. The lowest BCUT2D eigenvalue weighted by molar-refractivity contribution is -0.141. The molecule has 1 unspecified atom stereocenters. The molecule has 1 aromatic rings. The fourth-order valence-electron chi connectivity index (χ4n) is 4.03. The smallest absolute Gasteiger partial charge is 0.410 e. The maximum absolute atomic E-state index is 12.9. The van der Waals surface area contributed by atoms with E-state index in [-0.39, 0.29) is 30.9 Å². The van der Waals surface area contributed by atoms with Crippen molar-refractivity contribution < 1.29 is 33.4 Å². The summed E-state index contributed by atoms with van der Waals surface area (Å²) in [5, 5.41) is 5.32. The van der Waals surface area contributed by atoms with Gasteiger partial charge in [0, 0.05) is 19.0 Å². The molecule has 0 saturated carbocycles. The van der Waals surface area contributed by atoms with Gasteiger partial charge in [0.15, 0.2) is 0 Å². The summed E-state index contributed by atoms with van der Waals surface area (Å²) in [6.07, 6.45) is 2.77. The van der Waals surface area contributed by atoms with Crippen LogP contribution in [0.3, 0.4) is 0 Å². The highest BCUT2D eigenvalue weighted by Gasteiger charge is 2.31. The summed E-state index contributed by atoms with van der Waals surface area (Å²) in [6, 6.07) is 6.65. The molecular weight excluding hydrogens is 492 g/mol. The van der Waals surface area contributed by atoms with Gasteiger partial charge in [0.2, 0.25) is 11.8 Å². The Kier molecular flexibility index (Phi) is 13.4. The third-order valence-corrected chi connectivity index (χ3v) is 6.25. The van der Waals surface area contributed by atoms with Crippen LogP contribution in [0.15, 0.2) is 24.3 Å². The number of nitrogens with one attached hydrogen (secondary N) is 2. The number of hydrogen-bond donors (Lipinski definition) is 3. The largest absolute Gasteiger partial charge is 0.494 e. The number of benzene rings is 1. The highest BCUT2D eigenvalue weighted by atomic mass is 16.6. The zero-order valence-corrected chi connectivity index (χ0v) is 22.7. The standard InChI is InChI=1S/C27H42N4O7/c1-19(2)16-23(26(34)29-17-24(32)36-3)30-25(33)21-10-13-31(14-11-21)27(35)38-18-20-6-8-22(9-7-20)37-15-5-4-12-28/h6-9,19,21,23H,4-5,10-18,28H2,1-3H3,(H,29,34)(H,30,33). The summed E-state index contributed by atoms with van der Waals surface area (Å²) in [6.45, 7) is 5.81. The van der Waals surface area contributed by atoms with E-state index in [1.165, 1.54) is 7.11 Å². The van der Waals surface area contributed by atoms with Crippen LogP contribution < -0.4 is 21.1 Å². The minimum atomic E-state index is -0.752. The molecule has 1 aliphatic heterocycles. The van der Waals surface area contributed by atoms with Crippen molar-refractivity contribution >= 4 is 23.9 Å². The first-order chi connectivity index (χ1) is 18.2. The summed E-state index contributed by atoms with van der Waals surface area (Å²) in [7, 11) is 1.24. The predicted molar refractivity (Wildman–Crippen MR) is 141 cm³/mol. The van der Waals surface area contributed by atoms with Gasteiger partial charge in [-0.25, -0.2) is 4.79 Å². The molecule has 38 heavy (non-hydrogen) atoms. The Balaban J connectivity index is 1.76. The van der Waals surface area contributed by atoms with Gasteiger partial charge in [-0.05, 0) is 62.3 Å². The van der Waals surface area contributed by atoms with E-state index >= 15 is 0 Å². The zero-order chi connectivity index (χ0) is 27.9. The number of piperidine rings is 1. The van der Waals surface area contributed by atoms with Gasteiger partial charge in [-0.15, -0.1) is 0 Å². The van der Waals surface area contributed by atoms with Gasteiger partial charge in [0.1, 0.15) is 24.9 Å². The van der Waals surface area contributed by atoms with Crippen molar-refractivity contribution in [2.45, 2.75) is 58.6 Å². The van der Waals surface area contributed by atoms with Crippen LogP contribution in [0.2, 0.25) is 0 Å². The van der Waals surface area contributed by atoms with E-state index in [9.17, 15) is 19.2 Å². The van der Waals surface area contributed by atoms with E-state index in [4.69, 9.17) is 15.2 Å². The molecule has 0 spiro atoms. The number of ether oxygens (including phenoxy) is 3. The van der Waals surface area contributed by atoms with Crippen molar-refractivity contribution in [1.29, 1.82) is 0 Å². The Morgan fingerprint density at radius 1 is 1.08 bits per heavy atom. The maximum atomic E-state index is 12.9. The minimum Gasteiger partial charge on any atom is -0.494 e. The van der Waals surface area contributed by atoms with Crippen molar-refractivity contribution in [1.82, 2.24) is 15.5 Å². The van der Waals surface area contributed by atoms with Crippen LogP contribution in [0.5, 0.6) is 5.75 Å². The summed E-state index contributed by atoms with van der Waals surface area (Å²) < 4.78 is 15.6. The minimum absolute atomic E-state index is 0.143. The average molecular weight is 535 g/mol. The third-order valence-electron chi connectivity index (χ3n) is 6.25. The lowest BCUT2D eigenvalue weighted by atomic mass is 9.95. The second-order valence-electron chi connectivity index (χ2n) is 9.79. The molecule has 3 amide bonds. The molecule has 1 fully saturated rings. The van der Waals surface area contributed by atoms with Crippen LogP contribution in [-0.2, 0) is 30.5 Å². The van der Waals surface area contributed by atoms with Crippen LogP contribution in [0.4, 0.5) is 4.79 Å². The molecule has 4 N–H and O–H groups in total. The van der Waals surface area contributed by atoms with Crippen LogP contribution >= 0.6 is 0 Å². The Hall–Kier alpha value is -3.34. The number of carbonyl (C=O) groups excluding carboxylic acids is 4. The van der Waals surface area contributed by atoms with Crippen molar-refractivity contribution in [2.75, 3.05) is 39.9 Å². The predicted octanol–water partition coefficient (Wildman–Crippen LogP) is 1.97. The van der Waals surface area contributed by atoms with Crippen LogP contribution in [0, 0.1) is 11.8 Å². The Morgan fingerprint density at radius 2 is 1.76 bits per heavy atom. The molecule has 11 heteroatoms. The average Bonchev–Trinajstić information content (AvgIpc) is 2.92. The second kappa shape index (κ2) is 16.5. The first-order valence-electron chi connectivity index (χ1n) is 13.2. The van der Waals surface area contributed by atoms with Gasteiger partial charge in [0.25, 0.3) is 0 Å². The van der Waals surface area contributed by atoms with Gasteiger partial charge in [-0.1, -0.05) is 26.0 Å². The number of rotatable bonds is 14. The number of nitrogens with zero attached hydrogens (tertiary/aromatic N) is 1. The number of unbranched alkanes of at least 4 members (excludes halogenated alkanes) is 1. The number of amides is 3. The summed E-state index contributed by atoms with van der Waals surface area (Å²) >= 11 is 0. The topological polar surface area (TPSA) is 149 Å². The van der Waals surface area contributed by atoms with Gasteiger partial charge in [0.05, 0.1) is 13.7 Å². The Morgan fingerprint density at radius 3 is 2.37 bits per heavy atom. The molecule has 0 radical (unpaired) electrons. The quantitative estimate of drug-likeness (QED) is 0.242. The Bertz CT molecular complexity index is 899. The lowest BCUT2D eigenvalue weighted by Gasteiger charge is -2.31. The molecule has 1 atom stereocenters. The summed E-state index contributed by atoms with van der Waals surface area (Å²) in [5.41, 5.74) is 6.33. The van der Waals surface area contributed by atoms with Crippen molar-refractivity contribution in [3.05, 3.63) is 29.8 Å².